The van der Waals surface area contributed by atoms with E-state index in [4.69, 9.17) is 0 Å². The molecule has 1 N–H and O–H groups in total. The number of hydrogen-bond donors (Lipinski definition) is 1. The molecule has 0 atom stereocenters. The first-order chi connectivity index (χ1) is 9.60. The molecular formula is C15H18FN3S. The SMILES string of the molecule is CCCNc1nc(C)nc(Sc2cccc(F)c2)c1C. The van der Waals surface area contributed by atoms with E-state index in [2.05, 4.69) is 22.2 Å². The van der Waals surface area contributed by atoms with Gasteiger partial charge in [-0.05, 0) is 38.5 Å². The van der Waals surface area contributed by atoms with E-state index in [1.54, 1.807) is 6.07 Å². The molecule has 1 aromatic carbocycles. The van der Waals surface area contributed by atoms with E-state index in [1.165, 1.54) is 23.9 Å². The number of nitrogens with zero attached hydrogens (tertiary/aromatic N) is 2. The van der Waals surface area contributed by atoms with Crippen LogP contribution in [0.15, 0.2) is 34.2 Å². The Bertz CT molecular complexity index is 602. The van der Waals surface area contributed by atoms with Gasteiger partial charge in [-0.15, -0.1) is 0 Å². The molecule has 5 heteroatoms. The van der Waals surface area contributed by atoms with E-state index < -0.39 is 0 Å². The van der Waals surface area contributed by atoms with Crippen molar-refractivity contribution >= 4 is 17.6 Å². The molecule has 20 heavy (non-hydrogen) atoms. The minimum Gasteiger partial charge on any atom is -0.370 e. The second-order valence-electron chi connectivity index (χ2n) is 4.54. The molecule has 1 aromatic heterocycles. The van der Waals surface area contributed by atoms with Gasteiger partial charge in [-0.25, -0.2) is 14.4 Å². The molecule has 2 aromatic rings. The van der Waals surface area contributed by atoms with Gasteiger partial charge in [0, 0.05) is 17.0 Å². The van der Waals surface area contributed by atoms with Crippen LogP contribution in [0, 0.1) is 19.7 Å². The number of hydrogen-bond acceptors (Lipinski definition) is 4. The van der Waals surface area contributed by atoms with Crippen molar-refractivity contribution in [2.45, 2.75) is 37.1 Å². The van der Waals surface area contributed by atoms with Crippen molar-refractivity contribution in [2.24, 2.45) is 0 Å². The lowest BCUT2D eigenvalue weighted by Crippen LogP contribution is -2.07. The Labute approximate surface area is 123 Å². The Morgan fingerprint density at radius 1 is 1.25 bits per heavy atom. The number of aryl methyl sites for hydroxylation is 1. The maximum Gasteiger partial charge on any atom is 0.133 e. The van der Waals surface area contributed by atoms with Crippen LogP contribution in [0.2, 0.25) is 0 Å². The van der Waals surface area contributed by atoms with E-state index >= 15 is 0 Å². The molecule has 0 radical (unpaired) electrons. The summed E-state index contributed by atoms with van der Waals surface area (Å²) in [6.45, 7) is 6.84. The molecule has 0 saturated carbocycles. The zero-order valence-corrected chi connectivity index (χ0v) is 12.7. The molecular weight excluding hydrogens is 273 g/mol. The fraction of sp³-hybridized carbons (Fsp3) is 0.333. The zero-order chi connectivity index (χ0) is 14.5. The fourth-order valence-electron chi connectivity index (χ4n) is 1.76. The van der Waals surface area contributed by atoms with Gasteiger partial charge in [0.1, 0.15) is 22.5 Å². The first-order valence-electron chi connectivity index (χ1n) is 6.62. The highest BCUT2D eigenvalue weighted by Gasteiger charge is 2.10. The van der Waals surface area contributed by atoms with Gasteiger partial charge in [-0.2, -0.15) is 0 Å². The second kappa shape index (κ2) is 6.70. The van der Waals surface area contributed by atoms with E-state index in [0.29, 0.717) is 5.82 Å². The molecule has 106 valence electrons. The molecule has 0 unspecified atom stereocenters. The highest BCUT2D eigenvalue weighted by Crippen LogP contribution is 2.31. The summed E-state index contributed by atoms with van der Waals surface area (Å²) < 4.78 is 13.2. The zero-order valence-electron chi connectivity index (χ0n) is 11.9. The molecule has 0 amide bonds. The summed E-state index contributed by atoms with van der Waals surface area (Å²) >= 11 is 1.46. The van der Waals surface area contributed by atoms with Crippen LogP contribution < -0.4 is 5.32 Å². The summed E-state index contributed by atoms with van der Waals surface area (Å²) in [6.07, 6.45) is 1.04. The molecule has 0 aliphatic carbocycles. The number of halogens is 1. The fourth-order valence-corrected chi connectivity index (χ4v) is 2.73. The molecule has 0 saturated heterocycles. The first kappa shape index (κ1) is 14.8. The molecule has 0 aliphatic rings. The molecule has 0 aliphatic heterocycles. The van der Waals surface area contributed by atoms with E-state index in [0.717, 1.165) is 34.3 Å². The highest BCUT2D eigenvalue weighted by molar-refractivity contribution is 7.99. The minimum atomic E-state index is -0.234. The van der Waals surface area contributed by atoms with Gasteiger partial charge in [0.15, 0.2) is 0 Å². The summed E-state index contributed by atoms with van der Waals surface area (Å²) in [5.41, 5.74) is 0.998. The summed E-state index contributed by atoms with van der Waals surface area (Å²) in [5.74, 6) is 1.34. The van der Waals surface area contributed by atoms with Crippen LogP contribution in [0.1, 0.15) is 24.7 Å². The van der Waals surface area contributed by atoms with Crippen molar-refractivity contribution in [2.75, 3.05) is 11.9 Å². The third-order valence-corrected chi connectivity index (χ3v) is 3.85. The molecule has 3 nitrogen and oxygen atoms in total. The minimum absolute atomic E-state index is 0.234. The molecule has 1 heterocycles. The molecule has 0 fully saturated rings. The quantitative estimate of drug-likeness (QED) is 0.838. The third-order valence-electron chi connectivity index (χ3n) is 2.77. The predicted molar refractivity (Wildman–Crippen MR) is 80.8 cm³/mol. The van der Waals surface area contributed by atoms with Gasteiger partial charge in [0.05, 0.1) is 0 Å². The second-order valence-corrected chi connectivity index (χ2v) is 5.60. The Balaban J connectivity index is 2.29. The number of nitrogens with one attached hydrogen (secondary N) is 1. The number of anilines is 1. The van der Waals surface area contributed by atoms with Crippen LogP contribution in [0.25, 0.3) is 0 Å². The summed E-state index contributed by atoms with van der Waals surface area (Å²) in [6, 6.07) is 6.54. The van der Waals surface area contributed by atoms with Gasteiger partial charge in [0.25, 0.3) is 0 Å². The van der Waals surface area contributed by atoms with Gasteiger partial charge in [-0.1, -0.05) is 24.8 Å². The predicted octanol–water partition coefficient (Wildman–Crippen LogP) is 4.21. The van der Waals surface area contributed by atoms with E-state index in [9.17, 15) is 4.39 Å². The van der Waals surface area contributed by atoms with Crippen LogP contribution >= 0.6 is 11.8 Å². The van der Waals surface area contributed by atoms with Crippen LogP contribution in [0.4, 0.5) is 10.2 Å². The molecule has 2 rings (SSSR count). The Morgan fingerprint density at radius 2 is 2.05 bits per heavy atom. The number of aromatic nitrogens is 2. The first-order valence-corrected chi connectivity index (χ1v) is 7.44. The summed E-state index contributed by atoms with van der Waals surface area (Å²) in [7, 11) is 0. The van der Waals surface area contributed by atoms with Crippen LogP contribution in [0.3, 0.4) is 0 Å². The average Bonchev–Trinajstić information content (AvgIpc) is 2.41. The van der Waals surface area contributed by atoms with E-state index in [-0.39, 0.29) is 5.82 Å². The largest absolute Gasteiger partial charge is 0.370 e. The van der Waals surface area contributed by atoms with Gasteiger partial charge in [0.2, 0.25) is 0 Å². The number of benzene rings is 1. The maximum atomic E-state index is 13.2. The third kappa shape index (κ3) is 3.70. The van der Waals surface area contributed by atoms with Crippen LogP contribution in [-0.2, 0) is 0 Å². The molecule has 0 bridgehead atoms. The highest BCUT2D eigenvalue weighted by atomic mass is 32.2. The lowest BCUT2D eigenvalue weighted by molar-refractivity contribution is 0.624. The monoisotopic (exact) mass is 291 g/mol. The van der Waals surface area contributed by atoms with Crippen molar-refractivity contribution < 1.29 is 4.39 Å². The maximum absolute atomic E-state index is 13.2. The van der Waals surface area contributed by atoms with Crippen molar-refractivity contribution in [3.05, 3.63) is 41.5 Å². The van der Waals surface area contributed by atoms with Crippen molar-refractivity contribution in [3.8, 4) is 0 Å². The molecule has 0 spiro atoms. The normalized spacial score (nSPS) is 10.6. The van der Waals surface area contributed by atoms with Gasteiger partial charge < -0.3 is 5.32 Å². The van der Waals surface area contributed by atoms with Crippen molar-refractivity contribution in [3.63, 3.8) is 0 Å². The van der Waals surface area contributed by atoms with Gasteiger partial charge in [-0.3, -0.25) is 0 Å². The Kier molecular flexibility index (Phi) is 4.95. The van der Waals surface area contributed by atoms with E-state index in [1.807, 2.05) is 19.9 Å². The summed E-state index contributed by atoms with van der Waals surface area (Å²) in [4.78, 5) is 9.72. The summed E-state index contributed by atoms with van der Waals surface area (Å²) in [5, 5.41) is 4.17. The standard InChI is InChI=1S/C15H18FN3S/c1-4-8-17-14-10(2)15(19-11(3)18-14)20-13-7-5-6-12(16)9-13/h5-7,9H,4,8H2,1-3H3,(H,17,18,19). The number of rotatable bonds is 5. The lowest BCUT2D eigenvalue weighted by atomic mass is 10.3. The Morgan fingerprint density at radius 3 is 2.75 bits per heavy atom. The average molecular weight is 291 g/mol. The van der Waals surface area contributed by atoms with Crippen LogP contribution in [0.5, 0.6) is 0 Å². The Hall–Kier alpha value is -1.62. The van der Waals surface area contributed by atoms with Crippen LogP contribution in [-0.4, -0.2) is 16.5 Å². The smallest absolute Gasteiger partial charge is 0.133 e. The van der Waals surface area contributed by atoms with Crippen molar-refractivity contribution in [1.82, 2.24) is 9.97 Å². The lowest BCUT2D eigenvalue weighted by Gasteiger charge is -2.12. The van der Waals surface area contributed by atoms with Crippen molar-refractivity contribution in [1.29, 1.82) is 0 Å². The topological polar surface area (TPSA) is 37.8 Å². The van der Waals surface area contributed by atoms with Gasteiger partial charge >= 0.3 is 0 Å².